The Bertz CT molecular complexity index is 2400. The number of benzene rings is 5. The number of hydrogen-bond acceptors (Lipinski definition) is 4. The molecule has 0 fully saturated rings. The Morgan fingerprint density at radius 1 is 0.738 bits per heavy atom. The molecule has 9 rings (SSSR count). The molecule has 4 heteroatoms. The van der Waals surface area contributed by atoms with Crippen molar-refractivity contribution in [1.29, 1.82) is 0 Å². The molecule has 0 spiro atoms. The number of nitrogens with zero attached hydrogens (tertiary/aromatic N) is 2. The van der Waals surface area contributed by atoms with Crippen molar-refractivity contribution in [3.63, 3.8) is 0 Å². The van der Waals surface area contributed by atoms with E-state index >= 15 is 0 Å². The lowest BCUT2D eigenvalue weighted by molar-refractivity contribution is 0.612. The molecule has 3 heterocycles. The first-order valence-electron chi connectivity index (χ1n) is 14.2. The normalized spacial score (nSPS) is 17.1. The molecule has 1 unspecified atom stereocenters. The SMILES string of the molecule is C1=CC(c2cnc3c(n2)oc2ccc4ccccc4c23)(c2cccc3c2sc2ccccc23)CC(c2ccccc2)=C1. The largest absolute Gasteiger partial charge is 0.436 e. The van der Waals surface area contributed by atoms with E-state index in [0.29, 0.717) is 5.71 Å². The number of furan rings is 1. The zero-order valence-corrected chi connectivity index (χ0v) is 23.4. The van der Waals surface area contributed by atoms with Gasteiger partial charge in [0.15, 0.2) is 0 Å². The molecule has 0 aliphatic heterocycles. The fourth-order valence-corrected chi connectivity index (χ4v) is 8.01. The molecule has 0 amide bonds. The highest BCUT2D eigenvalue weighted by Crippen LogP contribution is 2.49. The zero-order valence-electron chi connectivity index (χ0n) is 22.6. The third kappa shape index (κ3) is 3.39. The van der Waals surface area contributed by atoms with Crippen LogP contribution in [0.15, 0.2) is 138 Å². The molecular weight excluding hydrogens is 532 g/mol. The van der Waals surface area contributed by atoms with Gasteiger partial charge in [-0.1, -0.05) is 115 Å². The highest BCUT2D eigenvalue weighted by molar-refractivity contribution is 7.26. The Hall–Kier alpha value is -5.06. The molecular formula is C38H24N2OS. The first-order chi connectivity index (χ1) is 20.8. The Morgan fingerprint density at radius 3 is 2.48 bits per heavy atom. The molecule has 0 radical (unpaired) electrons. The van der Waals surface area contributed by atoms with Gasteiger partial charge in [0, 0.05) is 20.2 Å². The van der Waals surface area contributed by atoms with E-state index in [9.17, 15) is 0 Å². The van der Waals surface area contributed by atoms with E-state index < -0.39 is 5.41 Å². The molecule has 0 N–H and O–H groups in total. The Labute approximate surface area is 246 Å². The Morgan fingerprint density at radius 2 is 1.55 bits per heavy atom. The number of thiophene rings is 1. The van der Waals surface area contributed by atoms with Gasteiger partial charge in [-0.25, -0.2) is 9.97 Å². The van der Waals surface area contributed by atoms with Crippen LogP contribution in [-0.4, -0.2) is 9.97 Å². The average Bonchev–Trinajstić information content (AvgIpc) is 3.63. The molecule has 8 aromatic rings. The van der Waals surface area contributed by atoms with Gasteiger partial charge in [0.2, 0.25) is 5.71 Å². The molecule has 3 nitrogen and oxygen atoms in total. The molecule has 3 aromatic heterocycles. The van der Waals surface area contributed by atoms with Crippen LogP contribution >= 0.6 is 11.3 Å². The standard InChI is InChI=1S/C38H24N2OS/c1-2-10-24(11-3-1)26-13-9-21-38(22-26,30-17-8-16-29-28-15-6-7-18-32(28)42-36(29)30)33-23-39-35-34-27-14-5-4-12-25(27)19-20-31(34)41-37(35)40-33/h1-21,23H,22H2. The van der Waals surface area contributed by atoms with Gasteiger partial charge in [-0.2, -0.15) is 0 Å². The van der Waals surface area contributed by atoms with Crippen LogP contribution in [0.1, 0.15) is 23.2 Å². The van der Waals surface area contributed by atoms with Gasteiger partial charge in [-0.3, -0.25) is 0 Å². The molecule has 42 heavy (non-hydrogen) atoms. The summed E-state index contributed by atoms with van der Waals surface area (Å²) in [6.07, 6.45) is 9.48. The quantitative estimate of drug-likeness (QED) is 0.217. The van der Waals surface area contributed by atoms with Crippen molar-refractivity contribution in [3.8, 4) is 0 Å². The van der Waals surface area contributed by atoms with Crippen molar-refractivity contribution in [2.45, 2.75) is 11.8 Å². The second-order valence-electron chi connectivity index (χ2n) is 11.0. The summed E-state index contributed by atoms with van der Waals surface area (Å²) in [4.78, 5) is 10.4. The summed E-state index contributed by atoms with van der Waals surface area (Å²) in [6.45, 7) is 0. The van der Waals surface area contributed by atoms with Crippen LogP contribution in [0.4, 0.5) is 0 Å². The monoisotopic (exact) mass is 556 g/mol. The second-order valence-corrected chi connectivity index (χ2v) is 12.1. The van der Waals surface area contributed by atoms with Crippen LogP contribution in [0.2, 0.25) is 0 Å². The zero-order chi connectivity index (χ0) is 27.7. The van der Waals surface area contributed by atoms with Gasteiger partial charge in [-0.05, 0) is 46.0 Å². The maximum atomic E-state index is 6.41. The minimum absolute atomic E-state index is 0.525. The van der Waals surface area contributed by atoms with E-state index in [1.165, 1.54) is 42.3 Å². The molecule has 1 atom stereocenters. The molecule has 198 valence electrons. The summed E-state index contributed by atoms with van der Waals surface area (Å²) in [5.41, 5.74) is 6.29. The van der Waals surface area contributed by atoms with E-state index in [0.717, 1.165) is 34.0 Å². The second kappa shape index (κ2) is 8.97. The third-order valence-corrected chi connectivity index (χ3v) is 9.93. The number of allylic oxidation sites excluding steroid dienone is 4. The predicted molar refractivity (Wildman–Crippen MR) is 175 cm³/mol. The molecule has 5 aromatic carbocycles. The van der Waals surface area contributed by atoms with Crippen molar-refractivity contribution in [3.05, 3.63) is 150 Å². The fraction of sp³-hybridized carbons (Fsp3) is 0.0526. The fourth-order valence-electron chi connectivity index (χ4n) is 6.71. The maximum absolute atomic E-state index is 6.41. The van der Waals surface area contributed by atoms with Gasteiger partial charge >= 0.3 is 0 Å². The van der Waals surface area contributed by atoms with E-state index in [1.807, 2.05) is 23.6 Å². The summed E-state index contributed by atoms with van der Waals surface area (Å²) < 4.78 is 8.99. The van der Waals surface area contributed by atoms with Crippen molar-refractivity contribution in [2.24, 2.45) is 0 Å². The number of rotatable bonds is 3. The summed E-state index contributed by atoms with van der Waals surface area (Å²) in [5, 5.41) is 5.89. The summed E-state index contributed by atoms with van der Waals surface area (Å²) in [7, 11) is 0. The summed E-state index contributed by atoms with van der Waals surface area (Å²) in [6, 6.07) is 38.6. The highest BCUT2D eigenvalue weighted by atomic mass is 32.1. The van der Waals surface area contributed by atoms with Gasteiger partial charge in [-0.15, -0.1) is 11.3 Å². The van der Waals surface area contributed by atoms with Crippen LogP contribution in [0, 0.1) is 0 Å². The molecule has 0 bridgehead atoms. The molecule has 1 aliphatic carbocycles. The number of hydrogen-bond donors (Lipinski definition) is 0. The third-order valence-electron chi connectivity index (χ3n) is 8.71. The van der Waals surface area contributed by atoms with Crippen LogP contribution < -0.4 is 0 Å². The van der Waals surface area contributed by atoms with Crippen LogP contribution in [0.25, 0.3) is 58.7 Å². The van der Waals surface area contributed by atoms with Gasteiger partial charge in [0.25, 0.3) is 0 Å². The lowest BCUT2D eigenvalue weighted by atomic mass is 9.69. The Kier molecular flexibility index (Phi) is 5.05. The summed E-state index contributed by atoms with van der Waals surface area (Å²) in [5.74, 6) is 0. The molecule has 0 saturated heterocycles. The Balaban J connectivity index is 1.32. The molecule has 1 aliphatic rings. The van der Waals surface area contributed by atoms with Crippen molar-refractivity contribution >= 4 is 70.1 Å². The topological polar surface area (TPSA) is 38.9 Å². The van der Waals surface area contributed by atoms with Gasteiger partial charge in [0.1, 0.15) is 11.1 Å². The number of aromatic nitrogens is 2. The van der Waals surface area contributed by atoms with Crippen LogP contribution in [0.3, 0.4) is 0 Å². The first kappa shape index (κ1) is 23.6. The van der Waals surface area contributed by atoms with Crippen molar-refractivity contribution < 1.29 is 4.42 Å². The number of fused-ring (bicyclic) bond motifs is 8. The lowest BCUT2D eigenvalue weighted by Crippen LogP contribution is -2.29. The summed E-state index contributed by atoms with van der Waals surface area (Å²) >= 11 is 1.86. The lowest BCUT2D eigenvalue weighted by Gasteiger charge is -2.34. The van der Waals surface area contributed by atoms with E-state index in [4.69, 9.17) is 14.4 Å². The van der Waals surface area contributed by atoms with E-state index in [1.54, 1.807) is 0 Å². The van der Waals surface area contributed by atoms with Crippen molar-refractivity contribution in [2.75, 3.05) is 0 Å². The van der Waals surface area contributed by atoms with Gasteiger partial charge < -0.3 is 4.42 Å². The predicted octanol–water partition coefficient (Wildman–Crippen LogP) is 10.2. The first-order valence-corrected chi connectivity index (χ1v) is 15.0. The molecule has 0 saturated carbocycles. The van der Waals surface area contributed by atoms with E-state index in [2.05, 4.69) is 121 Å². The van der Waals surface area contributed by atoms with Crippen LogP contribution in [0.5, 0.6) is 0 Å². The minimum atomic E-state index is -0.525. The van der Waals surface area contributed by atoms with E-state index in [-0.39, 0.29) is 0 Å². The van der Waals surface area contributed by atoms with Crippen LogP contribution in [-0.2, 0) is 5.41 Å². The minimum Gasteiger partial charge on any atom is -0.436 e. The van der Waals surface area contributed by atoms with Gasteiger partial charge in [0.05, 0.1) is 22.7 Å². The highest BCUT2D eigenvalue weighted by Gasteiger charge is 2.38. The maximum Gasteiger partial charge on any atom is 0.246 e. The average molecular weight is 557 g/mol. The smallest absolute Gasteiger partial charge is 0.246 e. The van der Waals surface area contributed by atoms with Crippen molar-refractivity contribution in [1.82, 2.24) is 9.97 Å².